The molecule has 2 atom stereocenters. The summed E-state index contributed by atoms with van der Waals surface area (Å²) in [6, 6.07) is 2.22. The highest BCUT2D eigenvalue weighted by molar-refractivity contribution is 6.35. The van der Waals surface area contributed by atoms with Gasteiger partial charge < -0.3 is 10.5 Å². The number of nitrogens with two attached hydrogens (primary N) is 1. The number of amides is 1. The number of morpholine rings is 1. The van der Waals surface area contributed by atoms with Crippen molar-refractivity contribution in [3.63, 3.8) is 0 Å². The van der Waals surface area contributed by atoms with Crippen molar-refractivity contribution in [2.45, 2.75) is 19.1 Å². The average Bonchev–Trinajstić information content (AvgIpc) is 2.42. The van der Waals surface area contributed by atoms with E-state index in [4.69, 9.17) is 33.7 Å². The van der Waals surface area contributed by atoms with Crippen LogP contribution in [0.15, 0.2) is 12.1 Å². The fourth-order valence-corrected chi connectivity index (χ4v) is 2.68. The molecule has 0 aromatic heterocycles. The molecule has 4 nitrogen and oxygen atoms in total. The first-order valence-corrected chi connectivity index (χ1v) is 6.95. The third kappa shape index (κ3) is 3.23. The van der Waals surface area contributed by atoms with Crippen LogP contribution in [0.1, 0.15) is 18.6 Å². The zero-order valence-corrected chi connectivity index (χ0v) is 12.4. The Hall–Kier alpha value is -0.880. The normalized spacial score (nSPS) is 21.7. The molecule has 1 saturated heterocycles. The molecule has 1 aromatic rings. The smallest absolute Gasteiger partial charge is 0.234 e. The lowest BCUT2D eigenvalue weighted by atomic mass is 10.1. The summed E-state index contributed by atoms with van der Waals surface area (Å²) in [5.74, 6) is -0.950. The summed E-state index contributed by atoms with van der Waals surface area (Å²) in [7, 11) is 0. The van der Waals surface area contributed by atoms with Gasteiger partial charge in [0, 0.05) is 23.7 Å². The first-order valence-electron chi connectivity index (χ1n) is 6.19. The highest BCUT2D eigenvalue weighted by atomic mass is 35.5. The van der Waals surface area contributed by atoms with Gasteiger partial charge in [0.2, 0.25) is 5.91 Å². The van der Waals surface area contributed by atoms with Crippen LogP contribution in [0.3, 0.4) is 0 Å². The molecule has 1 amide bonds. The van der Waals surface area contributed by atoms with Crippen molar-refractivity contribution in [1.82, 2.24) is 4.90 Å². The molecular formula is C13H15Cl2FN2O2. The molecule has 2 rings (SSSR count). The minimum atomic E-state index is -0.547. The largest absolute Gasteiger partial charge is 0.371 e. The molecule has 0 bridgehead atoms. The first kappa shape index (κ1) is 15.5. The number of hydrogen-bond donors (Lipinski definition) is 1. The second kappa shape index (κ2) is 6.26. The lowest BCUT2D eigenvalue weighted by Crippen LogP contribution is -2.49. The van der Waals surface area contributed by atoms with Gasteiger partial charge in [0.05, 0.1) is 23.8 Å². The van der Waals surface area contributed by atoms with E-state index in [9.17, 15) is 9.18 Å². The van der Waals surface area contributed by atoms with Crippen molar-refractivity contribution in [3.8, 4) is 0 Å². The van der Waals surface area contributed by atoms with Crippen LogP contribution in [-0.4, -0.2) is 36.5 Å². The van der Waals surface area contributed by atoms with Crippen molar-refractivity contribution < 1.29 is 13.9 Å². The average molecular weight is 321 g/mol. The van der Waals surface area contributed by atoms with Crippen LogP contribution >= 0.6 is 23.2 Å². The molecule has 7 heteroatoms. The Morgan fingerprint density at radius 3 is 2.85 bits per heavy atom. The van der Waals surface area contributed by atoms with Crippen molar-refractivity contribution in [3.05, 3.63) is 33.6 Å². The molecule has 1 aromatic carbocycles. The van der Waals surface area contributed by atoms with E-state index in [2.05, 4.69) is 0 Å². The quantitative estimate of drug-likeness (QED) is 0.870. The number of rotatable bonds is 3. The summed E-state index contributed by atoms with van der Waals surface area (Å²) in [6.07, 6.45) is -0.412. The van der Waals surface area contributed by atoms with Gasteiger partial charge in [-0.2, -0.15) is 0 Å². The molecule has 0 unspecified atom stereocenters. The molecule has 0 radical (unpaired) electrons. The number of carbonyl (C=O) groups excluding carboxylic acids is 1. The molecule has 1 aliphatic heterocycles. The van der Waals surface area contributed by atoms with Gasteiger partial charge >= 0.3 is 0 Å². The van der Waals surface area contributed by atoms with Crippen molar-refractivity contribution in [2.75, 3.05) is 19.7 Å². The Labute approximate surface area is 126 Å². The van der Waals surface area contributed by atoms with E-state index in [1.165, 1.54) is 12.1 Å². The van der Waals surface area contributed by atoms with Gasteiger partial charge in [0.25, 0.3) is 0 Å². The van der Waals surface area contributed by atoms with E-state index in [0.29, 0.717) is 30.3 Å². The Kier molecular flexibility index (Phi) is 4.86. The molecule has 1 aliphatic rings. The minimum Gasteiger partial charge on any atom is -0.371 e. The second-order valence-corrected chi connectivity index (χ2v) is 5.53. The Morgan fingerprint density at radius 2 is 2.20 bits per heavy atom. The van der Waals surface area contributed by atoms with E-state index < -0.39 is 23.9 Å². The Balaban J connectivity index is 2.21. The van der Waals surface area contributed by atoms with Crippen LogP contribution < -0.4 is 5.73 Å². The van der Waals surface area contributed by atoms with E-state index in [0.717, 1.165) is 0 Å². The summed E-state index contributed by atoms with van der Waals surface area (Å²) >= 11 is 11.8. The van der Waals surface area contributed by atoms with Gasteiger partial charge in [-0.3, -0.25) is 9.69 Å². The molecule has 2 N–H and O–H groups in total. The highest BCUT2D eigenvalue weighted by Gasteiger charge is 2.29. The van der Waals surface area contributed by atoms with Gasteiger partial charge in [0.15, 0.2) is 0 Å². The number of hydrogen-bond acceptors (Lipinski definition) is 3. The minimum absolute atomic E-state index is 0.0306. The molecule has 110 valence electrons. The maximum absolute atomic E-state index is 13.6. The summed E-state index contributed by atoms with van der Waals surface area (Å²) in [6.45, 7) is 3.16. The summed E-state index contributed by atoms with van der Waals surface area (Å²) in [4.78, 5) is 13.1. The van der Waals surface area contributed by atoms with E-state index in [1.807, 2.05) is 4.90 Å². The topological polar surface area (TPSA) is 55.6 Å². The number of carbonyl (C=O) groups is 1. The fourth-order valence-electron chi connectivity index (χ4n) is 2.17. The molecule has 1 heterocycles. The van der Waals surface area contributed by atoms with Gasteiger partial charge in [-0.25, -0.2) is 4.39 Å². The number of halogens is 3. The SMILES string of the molecule is C[C@H](C(N)=O)N1CCO[C@@H](c2cc(F)c(Cl)cc2Cl)C1. The lowest BCUT2D eigenvalue weighted by molar-refractivity contribution is -0.126. The van der Waals surface area contributed by atoms with Crippen LogP contribution in [0.5, 0.6) is 0 Å². The molecule has 20 heavy (non-hydrogen) atoms. The fraction of sp³-hybridized carbons (Fsp3) is 0.462. The van der Waals surface area contributed by atoms with Gasteiger partial charge in [-0.1, -0.05) is 23.2 Å². The Morgan fingerprint density at radius 1 is 1.50 bits per heavy atom. The number of primary amides is 1. The number of ether oxygens (including phenoxy) is 1. The maximum atomic E-state index is 13.6. The predicted molar refractivity (Wildman–Crippen MR) is 75.3 cm³/mol. The standard InChI is InChI=1S/C13H15Cl2FN2O2/c1-7(13(17)19)18-2-3-20-12(6-18)8-4-11(16)10(15)5-9(8)14/h4-5,7,12H,2-3,6H2,1H3,(H2,17,19)/t7-,12-/m1/s1. The highest BCUT2D eigenvalue weighted by Crippen LogP contribution is 2.32. The Bertz CT molecular complexity index is 527. The van der Waals surface area contributed by atoms with Crippen LogP contribution in [0.25, 0.3) is 0 Å². The lowest BCUT2D eigenvalue weighted by Gasteiger charge is -2.36. The van der Waals surface area contributed by atoms with Crippen LogP contribution in [0.4, 0.5) is 4.39 Å². The number of benzene rings is 1. The first-order chi connectivity index (χ1) is 9.40. The van der Waals surface area contributed by atoms with Crippen LogP contribution in [0.2, 0.25) is 10.0 Å². The molecular weight excluding hydrogens is 306 g/mol. The predicted octanol–water partition coefficient (Wildman–Crippen LogP) is 2.38. The third-order valence-electron chi connectivity index (χ3n) is 3.44. The van der Waals surface area contributed by atoms with Crippen molar-refractivity contribution in [2.24, 2.45) is 5.73 Å². The monoisotopic (exact) mass is 320 g/mol. The van der Waals surface area contributed by atoms with E-state index in [-0.39, 0.29) is 5.02 Å². The summed E-state index contributed by atoms with van der Waals surface area (Å²) in [5, 5.41) is 0.312. The molecule has 0 aliphatic carbocycles. The van der Waals surface area contributed by atoms with Gasteiger partial charge in [-0.15, -0.1) is 0 Å². The zero-order valence-electron chi connectivity index (χ0n) is 10.9. The summed E-state index contributed by atoms with van der Waals surface area (Å²) < 4.78 is 19.2. The van der Waals surface area contributed by atoms with E-state index in [1.54, 1.807) is 6.92 Å². The van der Waals surface area contributed by atoms with Crippen LogP contribution in [0, 0.1) is 5.82 Å². The zero-order chi connectivity index (χ0) is 14.9. The maximum Gasteiger partial charge on any atom is 0.234 e. The second-order valence-electron chi connectivity index (χ2n) is 4.72. The van der Waals surface area contributed by atoms with E-state index >= 15 is 0 Å². The number of nitrogens with zero attached hydrogens (tertiary/aromatic N) is 1. The van der Waals surface area contributed by atoms with Gasteiger partial charge in [-0.05, 0) is 19.1 Å². The van der Waals surface area contributed by atoms with Crippen molar-refractivity contribution >= 4 is 29.1 Å². The van der Waals surface area contributed by atoms with Crippen molar-refractivity contribution in [1.29, 1.82) is 0 Å². The third-order valence-corrected chi connectivity index (χ3v) is 4.06. The molecule has 1 fully saturated rings. The molecule has 0 spiro atoms. The summed E-state index contributed by atoms with van der Waals surface area (Å²) in [5.41, 5.74) is 5.82. The molecule has 0 saturated carbocycles. The van der Waals surface area contributed by atoms with Gasteiger partial charge in [0.1, 0.15) is 5.82 Å². The van der Waals surface area contributed by atoms with Crippen LogP contribution in [-0.2, 0) is 9.53 Å².